The van der Waals surface area contributed by atoms with Crippen molar-refractivity contribution in [1.82, 2.24) is 0 Å². The summed E-state index contributed by atoms with van der Waals surface area (Å²) in [5.41, 5.74) is 2.44. The first kappa shape index (κ1) is 7.48. The lowest BCUT2D eigenvalue weighted by Crippen LogP contribution is -1.83. The highest BCUT2D eigenvalue weighted by atomic mass is 32.2. The van der Waals surface area contributed by atoms with Gasteiger partial charge in [-0.05, 0) is 35.8 Å². The molecule has 0 saturated heterocycles. The summed E-state index contributed by atoms with van der Waals surface area (Å²) in [6.45, 7) is 2.30. The molecule has 2 atom stereocenters. The van der Waals surface area contributed by atoms with Crippen LogP contribution in [0, 0.1) is 11.3 Å². The van der Waals surface area contributed by atoms with Gasteiger partial charge in [-0.15, -0.1) is 11.8 Å². The van der Waals surface area contributed by atoms with Gasteiger partial charge in [0.15, 0.2) is 0 Å². The monoisotopic (exact) mass is 166 g/mol. The van der Waals surface area contributed by atoms with Crippen molar-refractivity contribution in [3.8, 4) is 0 Å². The molecule has 0 N–H and O–H groups in total. The molecule has 2 aliphatic carbocycles. The Bertz CT molecular complexity index is 227. The number of hydrogen-bond acceptors (Lipinski definition) is 1. The Morgan fingerprint density at radius 1 is 1.73 bits per heavy atom. The molecule has 0 radical (unpaired) electrons. The average molecular weight is 166 g/mol. The molecular formula is C10H14S. The Balaban J connectivity index is 1.92. The average Bonchev–Trinajstić information content (AvgIpc) is 2.84. The predicted molar refractivity (Wildman–Crippen MR) is 51.6 cm³/mol. The number of rotatable bonds is 3. The zero-order chi connectivity index (χ0) is 7.90. The lowest BCUT2D eigenvalue weighted by molar-refractivity contribution is 0.696. The Hall–Kier alpha value is -0.170. The molecule has 0 nitrogen and oxygen atoms in total. The molecule has 11 heavy (non-hydrogen) atoms. The fourth-order valence-corrected chi connectivity index (χ4v) is 2.26. The van der Waals surface area contributed by atoms with Crippen molar-refractivity contribution < 1.29 is 0 Å². The second-order valence-corrected chi connectivity index (χ2v) is 4.20. The van der Waals surface area contributed by atoms with E-state index in [1.165, 1.54) is 12.8 Å². The van der Waals surface area contributed by atoms with Crippen molar-refractivity contribution >= 4 is 11.8 Å². The molecule has 2 unspecified atom stereocenters. The van der Waals surface area contributed by atoms with E-state index in [9.17, 15) is 0 Å². The highest BCUT2D eigenvalue weighted by Crippen LogP contribution is 2.81. The van der Waals surface area contributed by atoms with Crippen LogP contribution in [0.25, 0.3) is 0 Å². The van der Waals surface area contributed by atoms with E-state index in [4.69, 9.17) is 0 Å². The maximum absolute atomic E-state index is 2.31. The van der Waals surface area contributed by atoms with Crippen LogP contribution in [0.15, 0.2) is 23.1 Å². The van der Waals surface area contributed by atoms with E-state index in [1.54, 1.807) is 17.3 Å². The fraction of sp³-hybridized carbons (Fsp3) is 0.600. The summed E-state index contributed by atoms with van der Waals surface area (Å²) in [6.07, 6.45) is 9.43. The van der Waals surface area contributed by atoms with E-state index in [2.05, 4.69) is 30.7 Å². The molecule has 2 rings (SSSR count). The van der Waals surface area contributed by atoms with E-state index in [0.29, 0.717) is 0 Å². The van der Waals surface area contributed by atoms with Gasteiger partial charge in [0, 0.05) is 0 Å². The second-order valence-electron chi connectivity index (χ2n) is 3.45. The van der Waals surface area contributed by atoms with E-state index >= 15 is 0 Å². The van der Waals surface area contributed by atoms with Gasteiger partial charge in [0.1, 0.15) is 0 Å². The number of fused-ring (bicyclic) bond motifs is 1. The van der Waals surface area contributed by atoms with Crippen molar-refractivity contribution in [2.75, 3.05) is 6.26 Å². The zero-order valence-corrected chi connectivity index (χ0v) is 7.95. The van der Waals surface area contributed by atoms with Crippen LogP contribution in [-0.4, -0.2) is 6.26 Å². The third-order valence-electron chi connectivity index (χ3n) is 3.06. The maximum atomic E-state index is 2.31. The van der Waals surface area contributed by atoms with Gasteiger partial charge in [-0.1, -0.05) is 24.6 Å². The van der Waals surface area contributed by atoms with Crippen molar-refractivity contribution in [1.29, 1.82) is 0 Å². The molecule has 0 amide bonds. The summed E-state index contributed by atoms with van der Waals surface area (Å²) in [5, 5.41) is 2.15. The number of thioether (sulfide) groups is 1. The SMILES string of the molecule is CCC12CC1/C2=C\C=C/SC. The van der Waals surface area contributed by atoms with Crippen LogP contribution in [0.4, 0.5) is 0 Å². The maximum Gasteiger partial charge on any atom is -0.00124 e. The van der Waals surface area contributed by atoms with Crippen molar-refractivity contribution in [2.45, 2.75) is 19.8 Å². The van der Waals surface area contributed by atoms with E-state index < -0.39 is 0 Å². The van der Waals surface area contributed by atoms with Crippen LogP contribution in [0.2, 0.25) is 0 Å². The Morgan fingerprint density at radius 2 is 2.55 bits per heavy atom. The molecule has 2 fully saturated rings. The lowest BCUT2D eigenvalue weighted by Gasteiger charge is -1.96. The quantitative estimate of drug-likeness (QED) is 0.620. The molecule has 0 aliphatic heterocycles. The summed E-state index contributed by atoms with van der Waals surface area (Å²) in [4.78, 5) is 0. The largest absolute Gasteiger partial charge is 0.138 e. The lowest BCUT2D eigenvalue weighted by atomic mass is 10.1. The van der Waals surface area contributed by atoms with Gasteiger partial charge in [-0.25, -0.2) is 0 Å². The second kappa shape index (κ2) is 2.41. The van der Waals surface area contributed by atoms with Gasteiger partial charge >= 0.3 is 0 Å². The van der Waals surface area contributed by atoms with Gasteiger partial charge in [0.05, 0.1) is 0 Å². The summed E-state index contributed by atoms with van der Waals surface area (Å²) in [7, 11) is 0. The third-order valence-corrected chi connectivity index (χ3v) is 3.49. The summed E-state index contributed by atoms with van der Waals surface area (Å²) in [6, 6.07) is 0. The molecule has 60 valence electrons. The number of allylic oxidation sites excluding steroid dienone is 3. The molecule has 0 aromatic heterocycles. The van der Waals surface area contributed by atoms with Crippen LogP contribution in [0.3, 0.4) is 0 Å². The normalized spacial score (nSPS) is 43.1. The van der Waals surface area contributed by atoms with Crippen LogP contribution in [0.5, 0.6) is 0 Å². The van der Waals surface area contributed by atoms with Crippen molar-refractivity contribution in [3.63, 3.8) is 0 Å². The minimum atomic E-state index is 0.725. The molecule has 0 aromatic carbocycles. The van der Waals surface area contributed by atoms with Gasteiger partial charge in [-0.2, -0.15) is 0 Å². The molecule has 0 aromatic rings. The molecule has 0 spiro atoms. The van der Waals surface area contributed by atoms with Crippen LogP contribution >= 0.6 is 11.8 Å². The smallest absolute Gasteiger partial charge is 0.00124 e. The minimum Gasteiger partial charge on any atom is -0.138 e. The molecule has 0 heterocycles. The van der Waals surface area contributed by atoms with E-state index in [1.807, 2.05) is 0 Å². The topological polar surface area (TPSA) is 0 Å². The first-order valence-corrected chi connectivity index (χ1v) is 5.54. The van der Waals surface area contributed by atoms with Gasteiger partial charge < -0.3 is 0 Å². The highest BCUT2D eigenvalue weighted by Gasteiger charge is 2.72. The minimum absolute atomic E-state index is 0.725. The molecule has 2 aliphatic rings. The van der Waals surface area contributed by atoms with Gasteiger partial charge in [0.25, 0.3) is 0 Å². The van der Waals surface area contributed by atoms with Crippen molar-refractivity contribution in [3.05, 3.63) is 23.1 Å². The van der Waals surface area contributed by atoms with E-state index in [0.717, 1.165) is 11.3 Å². The van der Waals surface area contributed by atoms with Crippen LogP contribution in [-0.2, 0) is 0 Å². The summed E-state index contributed by atoms with van der Waals surface area (Å²) < 4.78 is 0. The fourth-order valence-electron chi connectivity index (χ4n) is 2.02. The Labute approximate surface area is 72.8 Å². The van der Waals surface area contributed by atoms with Crippen LogP contribution in [0.1, 0.15) is 19.8 Å². The summed E-state index contributed by atoms with van der Waals surface area (Å²) in [5.74, 6) is 0.999. The molecule has 0 bridgehead atoms. The third kappa shape index (κ3) is 0.978. The first-order chi connectivity index (χ1) is 5.35. The molecule has 1 heteroatoms. The number of hydrogen-bond donors (Lipinski definition) is 0. The van der Waals surface area contributed by atoms with E-state index in [-0.39, 0.29) is 0 Å². The predicted octanol–water partition coefficient (Wildman–Crippen LogP) is 3.22. The van der Waals surface area contributed by atoms with Crippen LogP contribution < -0.4 is 0 Å². The Kier molecular flexibility index (Phi) is 1.64. The zero-order valence-electron chi connectivity index (χ0n) is 7.13. The van der Waals surface area contributed by atoms with Gasteiger partial charge in [-0.3, -0.25) is 0 Å². The van der Waals surface area contributed by atoms with Gasteiger partial charge in [0.2, 0.25) is 0 Å². The highest BCUT2D eigenvalue weighted by molar-refractivity contribution is 8.01. The summed E-state index contributed by atoms with van der Waals surface area (Å²) >= 11 is 1.77. The molecular weight excluding hydrogens is 152 g/mol. The van der Waals surface area contributed by atoms with Crippen molar-refractivity contribution in [2.24, 2.45) is 11.3 Å². The standard InChI is InChI=1S/C10H14S/c1-3-10-7-9(10)8(10)5-4-6-11-2/h4-6,9H,3,7H2,1-2H3/b6-4-,8-5+. The first-order valence-electron chi connectivity index (χ1n) is 4.25. The molecule has 2 saturated carbocycles. The Morgan fingerprint density at radius 3 is 3.00 bits per heavy atom.